The van der Waals surface area contributed by atoms with E-state index in [1.54, 1.807) is 13.2 Å². The molecule has 3 aromatic rings. The number of rotatable bonds is 8. The van der Waals surface area contributed by atoms with Crippen LogP contribution in [0.25, 0.3) is 22.0 Å². The first-order valence-corrected chi connectivity index (χ1v) is 8.41. The number of nitrogens with zero attached hydrogens (tertiary/aromatic N) is 1. The third kappa shape index (κ3) is 5.19. The van der Waals surface area contributed by atoms with Gasteiger partial charge in [0.15, 0.2) is 0 Å². The quantitative estimate of drug-likeness (QED) is 0.512. The number of benzene rings is 2. The standard InChI is InChI=1S/C19H22N4O3.ClH/c1-25-16-5-4-13-10-15(3-2-14(13)11-16)17-12-18(23-22-17)19(24)21-7-9-26-8-6-20;/h2-5,10-12H,6-9,20H2,1H3,(H,21,24)(H,22,23);1H. The van der Waals surface area contributed by atoms with Crippen molar-refractivity contribution in [3.05, 3.63) is 48.2 Å². The van der Waals surface area contributed by atoms with Crippen molar-refractivity contribution >= 4 is 29.1 Å². The van der Waals surface area contributed by atoms with Crippen LogP contribution in [-0.2, 0) is 4.74 Å². The van der Waals surface area contributed by atoms with Gasteiger partial charge in [0.05, 0.1) is 26.0 Å². The van der Waals surface area contributed by atoms with E-state index in [1.165, 1.54) is 0 Å². The molecule has 0 fully saturated rings. The molecule has 1 amide bonds. The maximum absolute atomic E-state index is 12.1. The number of ether oxygens (including phenoxy) is 2. The van der Waals surface area contributed by atoms with Crippen LogP contribution in [0.15, 0.2) is 42.5 Å². The Bertz CT molecular complexity index is 898. The summed E-state index contributed by atoms with van der Waals surface area (Å²) in [5.41, 5.74) is 7.40. The largest absolute Gasteiger partial charge is 0.497 e. The number of halogens is 1. The lowest BCUT2D eigenvalue weighted by atomic mass is 10.0. The summed E-state index contributed by atoms with van der Waals surface area (Å²) in [6.45, 7) is 1.80. The van der Waals surface area contributed by atoms with Crippen LogP contribution in [0, 0.1) is 0 Å². The maximum Gasteiger partial charge on any atom is 0.269 e. The number of aromatic amines is 1. The second-order valence-corrected chi connectivity index (χ2v) is 5.75. The summed E-state index contributed by atoms with van der Waals surface area (Å²) in [7, 11) is 1.65. The number of carbonyl (C=O) groups excluding carboxylic acids is 1. The smallest absolute Gasteiger partial charge is 0.269 e. The summed E-state index contributed by atoms with van der Waals surface area (Å²) in [4.78, 5) is 12.1. The van der Waals surface area contributed by atoms with Gasteiger partial charge >= 0.3 is 0 Å². The van der Waals surface area contributed by atoms with Crippen LogP contribution in [-0.4, -0.2) is 49.5 Å². The molecular formula is C19H23ClN4O3. The van der Waals surface area contributed by atoms with E-state index in [9.17, 15) is 4.79 Å². The van der Waals surface area contributed by atoms with Gasteiger partial charge in [-0.1, -0.05) is 18.2 Å². The first-order chi connectivity index (χ1) is 12.7. The van der Waals surface area contributed by atoms with E-state index in [0.29, 0.717) is 37.7 Å². The average Bonchev–Trinajstić information content (AvgIpc) is 3.17. The summed E-state index contributed by atoms with van der Waals surface area (Å²) in [6.07, 6.45) is 0. The predicted octanol–water partition coefficient (Wildman–Crippen LogP) is 2.37. The molecule has 0 saturated heterocycles. The van der Waals surface area contributed by atoms with Gasteiger partial charge in [-0.05, 0) is 35.0 Å². The van der Waals surface area contributed by atoms with Crippen LogP contribution in [0.3, 0.4) is 0 Å². The van der Waals surface area contributed by atoms with Crippen molar-refractivity contribution in [3.63, 3.8) is 0 Å². The molecule has 144 valence electrons. The molecule has 0 saturated carbocycles. The van der Waals surface area contributed by atoms with E-state index in [1.807, 2.05) is 36.4 Å². The molecule has 0 unspecified atom stereocenters. The maximum atomic E-state index is 12.1. The summed E-state index contributed by atoms with van der Waals surface area (Å²) < 4.78 is 10.5. The Labute approximate surface area is 163 Å². The highest BCUT2D eigenvalue weighted by atomic mass is 35.5. The summed E-state index contributed by atoms with van der Waals surface area (Å²) >= 11 is 0. The SMILES string of the molecule is COc1ccc2cc(-c3cc(C(=O)NCCOCCN)[nH]n3)ccc2c1.Cl. The number of hydrogen-bond donors (Lipinski definition) is 3. The molecule has 1 aromatic heterocycles. The van der Waals surface area contributed by atoms with Crippen molar-refractivity contribution in [1.29, 1.82) is 0 Å². The molecule has 0 aliphatic rings. The third-order valence-corrected chi connectivity index (χ3v) is 3.96. The van der Waals surface area contributed by atoms with Crippen molar-refractivity contribution in [2.75, 3.05) is 33.4 Å². The highest BCUT2D eigenvalue weighted by Crippen LogP contribution is 2.26. The highest BCUT2D eigenvalue weighted by Gasteiger charge is 2.11. The molecule has 1 heterocycles. The van der Waals surface area contributed by atoms with Gasteiger partial charge < -0.3 is 20.5 Å². The highest BCUT2D eigenvalue weighted by molar-refractivity contribution is 5.94. The summed E-state index contributed by atoms with van der Waals surface area (Å²) in [5.74, 6) is 0.602. The van der Waals surface area contributed by atoms with Crippen LogP contribution in [0.5, 0.6) is 5.75 Å². The first kappa shape index (κ1) is 20.7. The Kier molecular flexibility index (Phi) is 7.60. The molecule has 3 rings (SSSR count). The van der Waals surface area contributed by atoms with Gasteiger partial charge in [0.1, 0.15) is 11.4 Å². The van der Waals surface area contributed by atoms with E-state index < -0.39 is 0 Å². The van der Waals surface area contributed by atoms with E-state index in [-0.39, 0.29) is 18.3 Å². The predicted molar refractivity (Wildman–Crippen MR) is 108 cm³/mol. The molecule has 27 heavy (non-hydrogen) atoms. The lowest BCUT2D eigenvalue weighted by molar-refractivity contribution is 0.0915. The molecule has 8 heteroatoms. The summed E-state index contributed by atoms with van der Waals surface area (Å²) in [6, 6.07) is 13.7. The lowest BCUT2D eigenvalue weighted by Crippen LogP contribution is -2.28. The Balaban J connectivity index is 0.00000261. The Hall–Kier alpha value is -2.61. The molecule has 4 N–H and O–H groups in total. The third-order valence-electron chi connectivity index (χ3n) is 3.96. The van der Waals surface area contributed by atoms with Gasteiger partial charge in [-0.2, -0.15) is 5.10 Å². The number of fused-ring (bicyclic) bond motifs is 1. The van der Waals surface area contributed by atoms with Crippen LogP contribution < -0.4 is 15.8 Å². The van der Waals surface area contributed by atoms with Gasteiger partial charge in [0.2, 0.25) is 0 Å². The number of carbonyl (C=O) groups is 1. The molecule has 0 aliphatic heterocycles. The second-order valence-electron chi connectivity index (χ2n) is 5.75. The van der Waals surface area contributed by atoms with E-state index in [2.05, 4.69) is 15.5 Å². The molecule has 0 spiro atoms. The van der Waals surface area contributed by atoms with E-state index >= 15 is 0 Å². The monoisotopic (exact) mass is 390 g/mol. The molecule has 0 aliphatic carbocycles. The number of methoxy groups -OCH3 is 1. The number of nitrogens with one attached hydrogen (secondary N) is 2. The second kappa shape index (κ2) is 9.91. The Morgan fingerprint density at radius 3 is 2.70 bits per heavy atom. The number of hydrogen-bond acceptors (Lipinski definition) is 5. The fraction of sp³-hybridized carbons (Fsp3) is 0.263. The Morgan fingerprint density at radius 2 is 1.93 bits per heavy atom. The first-order valence-electron chi connectivity index (χ1n) is 8.41. The number of aromatic nitrogens is 2. The average molecular weight is 391 g/mol. The fourth-order valence-electron chi connectivity index (χ4n) is 2.61. The zero-order valence-corrected chi connectivity index (χ0v) is 15.8. The van der Waals surface area contributed by atoms with E-state index in [4.69, 9.17) is 15.2 Å². The number of amides is 1. The normalized spacial score (nSPS) is 10.4. The minimum Gasteiger partial charge on any atom is -0.497 e. The van der Waals surface area contributed by atoms with E-state index in [0.717, 1.165) is 22.1 Å². The van der Waals surface area contributed by atoms with Gasteiger partial charge in [0.25, 0.3) is 5.91 Å². The molecule has 2 aromatic carbocycles. The molecular weight excluding hydrogens is 368 g/mol. The van der Waals surface area contributed by atoms with Crippen LogP contribution >= 0.6 is 12.4 Å². The zero-order chi connectivity index (χ0) is 18.4. The van der Waals surface area contributed by atoms with Crippen molar-refractivity contribution in [2.45, 2.75) is 0 Å². The lowest BCUT2D eigenvalue weighted by Gasteiger charge is -2.04. The fourth-order valence-corrected chi connectivity index (χ4v) is 2.61. The summed E-state index contributed by atoms with van der Waals surface area (Å²) in [5, 5.41) is 12.0. The van der Waals surface area contributed by atoms with Crippen LogP contribution in [0.4, 0.5) is 0 Å². The van der Waals surface area contributed by atoms with Gasteiger partial charge in [-0.3, -0.25) is 9.89 Å². The topological polar surface area (TPSA) is 102 Å². The van der Waals surface area contributed by atoms with Gasteiger partial charge in [-0.25, -0.2) is 0 Å². The van der Waals surface area contributed by atoms with Crippen LogP contribution in [0.1, 0.15) is 10.5 Å². The zero-order valence-electron chi connectivity index (χ0n) is 15.0. The van der Waals surface area contributed by atoms with Crippen molar-refractivity contribution in [2.24, 2.45) is 5.73 Å². The van der Waals surface area contributed by atoms with Crippen molar-refractivity contribution < 1.29 is 14.3 Å². The van der Waals surface area contributed by atoms with Crippen LogP contribution in [0.2, 0.25) is 0 Å². The minimum atomic E-state index is -0.217. The molecule has 0 atom stereocenters. The minimum absolute atomic E-state index is 0. The molecule has 7 nitrogen and oxygen atoms in total. The number of H-pyrrole nitrogens is 1. The van der Waals surface area contributed by atoms with Gasteiger partial charge in [-0.15, -0.1) is 12.4 Å². The van der Waals surface area contributed by atoms with Gasteiger partial charge in [0, 0.05) is 18.7 Å². The number of nitrogens with two attached hydrogens (primary N) is 1. The van der Waals surface area contributed by atoms with Crippen molar-refractivity contribution in [3.8, 4) is 17.0 Å². The van der Waals surface area contributed by atoms with Crippen molar-refractivity contribution in [1.82, 2.24) is 15.5 Å². The molecule has 0 radical (unpaired) electrons. The molecule has 0 bridgehead atoms. The Morgan fingerprint density at radius 1 is 1.15 bits per heavy atom.